The summed E-state index contributed by atoms with van der Waals surface area (Å²) in [6.07, 6.45) is 0.641. The number of amides is 1. The second kappa shape index (κ2) is 6.01. The van der Waals surface area contributed by atoms with Crippen LogP contribution >= 0.6 is 0 Å². The van der Waals surface area contributed by atoms with E-state index in [0.717, 1.165) is 5.69 Å². The number of hydrogen-bond acceptors (Lipinski definition) is 2. The van der Waals surface area contributed by atoms with E-state index in [1.54, 1.807) is 0 Å². The monoisotopic (exact) mass is 249 g/mol. The van der Waals surface area contributed by atoms with E-state index < -0.39 is 0 Å². The van der Waals surface area contributed by atoms with Crippen LogP contribution in [0, 0.1) is 5.92 Å². The number of aliphatic hydroxyl groups excluding tert-OH is 1. The molecule has 3 heteroatoms. The average molecular weight is 249 g/mol. The number of nitrogens with one attached hydrogen (secondary N) is 1. The smallest absolute Gasteiger partial charge is 0.229 e. The van der Waals surface area contributed by atoms with Crippen LogP contribution in [0.4, 0.5) is 5.69 Å². The number of rotatable bonds is 4. The van der Waals surface area contributed by atoms with Gasteiger partial charge in [-0.05, 0) is 29.5 Å². The Labute approximate surface area is 109 Å². The number of benzene rings is 1. The normalized spacial score (nSPS) is 13.2. The van der Waals surface area contributed by atoms with Gasteiger partial charge in [-0.25, -0.2) is 0 Å². The van der Waals surface area contributed by atoms with E-state index in [0.29, 0.717) is 6.42 Å². The summed E-state index contributed by atoms with van der Waals surface area (Å²) in [5, 5.41) is 11.9. The Bertz CT molecular complexity index is 386. The minimum Gasteiger partial charge on any atom is -0.396 e. The standard InChI is InChI=1S/C15H23NO2/c1-5-11(10-17)14(18)16-13-8-6-12(7-9-13)15(2,3)4/h6-9,11,17H,5,10H2,1-4H3,(H,16,18). The molecule has 0 heterocycles. The van der Waals surface area contributed by atoms with Crippen molar-refractivity contribution in [2.75, 3.05) is 11.9 Å². The van der Waals surface area contributed by atoms with Gasteiger partial charge in [0.15, 0.2) is 0 Å². The fourth-order valence-electron chi connectivity index (χ4n) is 1.70. The zero-order valence-corrected chi connectivity index (χ0v) is 11.7. The van der Waals surface area contributed by atoms with Crippen molar-refractivity contribution in [3.8, 4) is 0 Å². The molecule has 1 atom stereocenters. The topological polar surface area (TPSA) is 49.3 Å². The molecule has 0 aromatic heterocycles. The predicted molar refractivity (Wildman–Crippen MR) is 74.6 cm³/mol. The molecule has 1 aromatic carbocycles. The van der Waals surface area contributed by atoms with Crippen LogP contribution in [0.2, 0.25) is 0 Å². The lowest BCUT2D eigenvalue weighted by molar-refractivity contribution is -0.121. The summed E-state index contributed by atoms with van der Waals surface area (Å²) in [5.41, 5.74) is 2.12. The van der Waals surface area contributed by atoms with Gasteiger partial charge in [-0.15, -0.1) is 0 Å². The Hall–Kier alpha value is -1.35. The molecule has 1 aromatic rings. The summed E-state index contributed by atoms with van der Waals surface area (Å²) in [4.78, 5) is 11.8. The molecular weight excluding hydrogens is 226 g/mol. The van der Waals surface area contributed by atoms with Crippen LogP contribution in [0.3, 0.4) is 0 Å². The Morgan fingerprint density at radius 2 is 1.83 bits per heavy atom. The second-order valence-corrected chi connectivity index (χ2v) is 5.60. The minimum atomic E-state index is -0.327. The van der Waals surface area contributed by atoms with Crippen molar-refractivity contribution in [3.63, 3.8) is 0 Å². The number of hydrogen-bond donors (Lipinski definition) is 2. The third-order valence-corrected chi connectivity index (χ3v) is 3.10. The fraction of sp³-hybridized carbons (Fsp3) is 0.533. The van der Waals surface area contributed by atoms with E-state index in [4.69, 9.17) is 5.11 Å². The van der Waals surface area contributed by atoms with Crippen molar-refractivity contribution in [2.24, 2.45) is 5.92 Å². The molecule has 3 nitrogen and oxygen atoms in total. The predicted octanol–water partition coefficient (Wildman–Crippen LogP) is 2.94. The van der Waals surface area contributed by atoms with Crippen LogP contribution in [0.5, 0.6) is 0 Å². The van der Waals surface area contributed by atoms with Gasteiger partial charge >= 0.3 is 0 Å². The van der Waals surface area contributed by atoms with Gasteiger partial charge in [0.05, 0.1) is 12.5 Å². The number of carbonyl (C=O) groups is 1. The number of anilines is 1. The molecule has 0 aliphatic rings. The average Bonchev–Trinajstić information content (AvgIpc) is 2.30. The van der Waals surface area contributed by atoms with Crippen LogP contribution < -0.4 is 5.32 Å². The van der Waals surface area contributed by atoms with Gasteiger partial charge in [-0.1, -0.05) is 39.8 Å². The fourth-order valence-corrected chi connectivity index (χ4v) is 1.70. The Kier molecular flexibility index (Phi) is 4.91. The van der Waals surface area contributed by atoms with Crippen LogP contribution in [0.1, 0.15) is 39.7 Å². The first kappa shape index (κ1) is 14.7. The van der Waals surface area contributed by atoms with Crippen LogP contribution in [0.15, 0.2) is 24.3 Å². The molecule has 1 rings (SSSR count). The second-order valence-electron chi connectivity index (χ2n) is 5.60. The van der Waals surface area contributed by atoms with Crippen molar-refractivity contribution in [1.82, 2.24) is 0 Å². The lowest BCUT2D eigenvalue weighted by Crippen LogP contribution is -2.25. The highest BCUT2D eigenvalue weighted by atomic mass is 16.3. The SMILES string of the molecule is CCC(CO)C(=O)Nc1ccc(C(C)(C)C)cc1. The van der Waals surface area contributed by atoms with E-state index in [1.807, 2.05) is 31.2 Å². The molecule has 1 amide bonds. The molecule has 0 radical (unpaired) electrons. The lowest BCUT2D eigenvalue weighted by atomic mass is 9.87. The summed E-state index contributed by atoms with van der Waals surface area (Å²) in [6.45, 7) is 8.24. The maximum absolute atomic E-state index is 11.8. The highest BCUT2D eigenvalue weighted by Crippen LogP contribution is 2.23. The van der Waals surface area contributed by atoms with Crippen LogP contribution in [0.25, 0.3) is 0 Å². The first-order chi connectivity index (χ1) is 8.38. The third-order valence-electron chi connectivity index (χ3n) is 3.10. The molecule has 0 aliphatic carbocycles. The van der Waals surface area contributed by atoms with Gasteiger partial charge in [-0.2, -0.15) is 0 Å². The molecule has 0 bridgehead atoms. The zero-order valence-electron chi connectivity index (χ0n) is 11.7. The van der Waals surface area contributed by atoms with Crippen LogP contribution in [-0.2, 0) is 10.2 Å². The highest BCUT2D eigenvalue weighted by molar-refractivity contribution is 5.92. The zero-order chi connectivity index (χ0) is 13.8. The maximum Gasteiger partial charge on any atom is 0.229 e. The minimum absolute atomic E-state index is 0.109. The van der Waals surface area contributed by atoms with E-state index in [9.17, 15) is 4.79 Å². The molecule has 0 fully saturated rings. The summed E-state index contributed by atoms with van der Waals surface area (Å²) < 4.78 is 0. The number of aliphatic hydroxyl groups is 1. The molecule has 18 heavy (non-hydrogen) atoms. The maximum atomic E-state index is 11.8. The van der Waals surface area contributed by atoms with E-state index in [2.05, 4.69) is 26.1 Å². The molecule has 0 aliphatic heterocycles. The van der Waals surface area contributed by atoms with Gasteiger partial charge in [0.25, 0.3) is 0 Å². The first-order valence-corrected chi connectivity index (χ1v) is 6.40. The first-order valence-electron chi connectivity index (χ1n) is 6.40. The Balaban J connectivity index is 2.72. The molecule has 100 valence electrons. The van der Waals surface area contributed by atoms with Gasteiger partial charge in [-0.3, -0.25) is 4.79 Å². The molecule has 1 unspecified atom stereocenters. The van der Waals surface area contributed by atoms with Crippen molar-refractivity contribution in [1.29, 1.82) is 0 Å². The Morgan fingerprint density at radius 3 is 2.22 bits per heavy atom. The summed E-state index contributed by atoms with van der Waals surface area (Å²) in [5.74, 6) is -0.448. The highest BCUT2D eigenvalue weighted by Gasteiger charge is 2.16. The summed E-state index contributed by atoms with van der Waals surface area (Å²) in [7, 11) is 0. The third kappa shape index (κ3) is 3.84. The van der Waals surface area contributed by atoms with E-state index >= 15 is 0 Å². The van der Waals surface area contributed by atoms with Crippen molar-refractivity contribution in [3.05, 3.63) is 29.8 Å². The largest absolute Gasteiger partial charge is 0.396 e. The van der Waals surface area contributed by atoms with Crippen molar-refractivity contribution in [2.45, 2.75) is 39.5 Å². The number of carbonyl (C=O) groups excluding carboxylic acids is 1. The quantitative estimate of drug-likeness (QED) is 0.862. The molecule has 0 saturated carbocycles. The van der Waals surface area contributed by atoms with Crippen LogP contribution in [-0.4, -0.2) is 17.6 Å². The van der Waals surface area contributed by atoms with Gasteiger partial charge < -0.3 is 10.4 Å². The molecular formula is C15H23NO2. The van der Waals surface area contributed by atoms with Crippen molar-refractivity contribution >= 4 is 11.6 Å². The molecule has 0 saturated heterocycles. The van der Waals surface area contributed by atoms with Gasteiger partial charge in [0.2, 0.25) is 5.91 Å². The molecule has 0 spiro atoms. The van der Waals surface area contributed by atoms with E-state index in [-0.39, 0.29) is 23.8 Å². The summed E-state index contributed by atoms with van der Waals surface area (Å²) >= 11 is 0. The van der Waals surface area contributed by atoms with Gasteiger partial charge in [0.1, 0.15) is 0 Å². The van der Waals surface area contributed by atoms with E-state index in [1.165, 1.54) is 5.56 Å². The molecule has 2 N–H and O–H groups in total. The van der Waals surface area contributed by atoms with Crippen molar-refractivity contribution < 1.29 is 9.90 Å². The summed E-state index contributed by atoms with van der Waals surface area (Å²) in [6, 6.07) is 7.86. The lowest BCUT2D eigenvalue weighted by Gasteiger charge is -2.19. The Morgan fingerprint density at radius 1 is 1.28 bits per heavy atom. The van der Waals surface area contributed by atoms with Gasteiger partial charge in [0, 0.05) is 5.69 Å².